The van der Waals surface area contributed by atoms with Crippen molar-refractivity contribution in [2.24, 2.45) is 0 Å². The Morgan fingerprint density at radius 1 is 1.28 bits per heavy atom. The van der Waals surface area contributed by atoms with Gasteiger partial charge in [0.25, 0.3) is 11.7 Å². The van der Waals surface area contributed by atoms with Gasteiger partial charge in [0.2, 0.25) is 0 Å². The Morgan fingerprint density at radius 3 is 2.69 bits per heavy atom. The van der Waals surface area contributed by atoms with Gasteiger partial charge in [0.05, 0.1) is 23.2 Å². The fourth-order valence-corrected chi connectivity index (χ4v) is 5.21. The first-order chi connectivity index (χ1) is 14.0. The summed E-state index contributed by atoms with van der Waals surface area (Å²) in [4.78, 5) is 28.5. The average molecular weight is 432 g/mol. The van der Waals surface area contributed by atoms with Gasteiger partial charge in [-0.3, -0.25) is 9.59 Å². The Hall–Kier alpha value is -2.31. The van der Waals surface area contributed by atoms with Crippen LogP contribution in [0.2, 0.25) is 5.02 Å². The number of aliphatic hydroxyl groups excluding tert-OH is 1. The summed E-state index contributed by atoms with van der Waals surface area (Å²) in [5.74, 6) is -0.938. The van der Waals surface area contributed by atoms with Gasteiger partial charge in [0.1, 0.15) is 11.5 Å². The third-order valence-electron chi connectivity index (χ3n) is 5.52. The first-order valence-electron chi connectivity index (χ1n) is 9.79. The van der Waals surface area contributed by atoms with Gasteiger partial charge in [-0.1, -0.05) is 30.5 Å². The summed E-state index contributed by atoms with van der Waals surface area (Å²) in [6.45, 7) is 2.26. The second-order valence-corrected chi connectivity index (χ2v) is 8.62. The third kappa shape index (κ3) is 3.55. The summed E-state index contributed by atoms with van der Waals surface area (Å²) in [7, 11) is 0. The van der Waals surface area contributed by atoms with Gasteiger partial charge in [0, 0.05) is 16.5 Å². The van der Waals surface area contributed by atoms with Crippen LogP contribution < -0.4 is 4.74 Å². The number of nitrogens with zero attached hydrogens (tertiary/aromatic N) is 1. The molecule has 0 bridgehead atoms. The Morgan fingerprint density at radius 2 is 2.03 bits per heavy atom. The van der Waals surface area contributed by atoms with Gasteiger partial charge < -0.3 is 14.7 Å². The van der Waals surface area contributed by atoms with Crippen molar-refractivity contribution in [3.63, 3.8) is 0 Å². The number of hydrogen-bond acceptors (Lipinski definition) is 5. The fourth-order valence-electron chi connectivity index (χ4n) is 4.21. The molecule has 0 spiro atoms. The number of Topliss-reactive ketones (excluding diaryl/α,β-unsaturated/α-hetero) is 1. The number of thiophene rings is 1. The Balaban J connectivity index is 1.84. The van der Waals surface area contributed by atoms with Crippen LogP contribution in [0.25, 0.3) is 5.76 Å². The molecule has 1 N–H and O–H groups in total. The lowest BCUT2D eigenvalue weighted by atomic mass is 9.99. The van der Waals surface area contributed by atoms with Crippen LogP contribution in [0.15, 0.2) is 41.3 Å². The summed E-state index contributed by atoms with van der Waals surface area (Å²) in [5, 5.41) is 13.4. The van der Waals surface area contributed by atoms with E-state index < -0.39 is 17.7 Å². The highest BCUT2D eigenvalue weighted by Gasteiger charge is 2.49. The molecule has 1 saturated carbocycles. The summed E-state index contributed by atoms with van der Waals surface area (Å²) in [5.41, 5.74) is 0.540. The van der Waals surface area contributed by atoms with E-state index in [4.69, 9.17) is 16.3 Å². The molecule has 4 rings (SSSR count). The lowest BCUT2D eigenvalue weighted by Gasteiger charge is -2.29. The number of rotatable bonds is 5. The molecule has 1 amide bonds. The highest BCUT2D eigenvalue weighted by atomic mass is 35.5. The van der Waals surface area contributed by atoms with E-state index >= 15 is 0 Å². The van der Waals surface area contributed by atoms with E-state index in [9.17, 15) is 14.7 Å². The van der Waals surface area contributed by atoms with Gasteiger partial charge in [-0.15, -0.1) is 11.3 Å². The van der Waals surface area contributed by atoms with Crippen molar-refractivity contribution < 1.29 is 19.4 Å². The number of carbonyl (C=O) groups excluding carboxylic acids is 2. The van der Waals surface area contributed by atoms with Crippen LogP contribution in [-0.4, -0.2) is 34.3 Å². The minimum atomic E-state index is -0.638. The van der Waals surface area contributed by atoms with Crippen molar-refractivity contribution >= 4 is 40.4 Å². The highest BCUT2D eigenvalue weighted by Crippen LogP contribution is 2.45. The van der Waals surface area contributed by atoms with E-state index in [2.05, 4.69) is 0 Å². The van der Waals surface area contributed by atoms with Crippen LogP contribution in [0.1, 0.15) is 49.1 Å². The number of carbonyl (C=O) groups is 2. The molecule has 1 aliphatic carbocycles. The van der Waals surface area contributed by atoms with Crippen molar-refractivity contribution in [3.05, 3.63) is 56.7 Å². The minimum absolute atomic E-state index is 0.0213. The normalized spacial score (nSPS) is 21.9. The van der Waals surface area contributed by atoms with Crippen LogP contribution in [0.4, 0.5) is 0 Å². The fraction of sp³-hybridized carbons (Fsp3) is 0.364. The van der Waals surface area contributed by atoms with Gasteiger partial charge >= 0.3 is 0 Å². The predicted octanol–water partition coefficient (Wildman–Crippen LogP) is 5.16. The molecule has 2 fully saturated rings. The van der Waals surface area contributed by atoms with Gasteiger partial charge in [-0.05, 0) is 49.4 Å². The van der Waals surface area contributed by atoms with Crippen molar-refractivity contribution in [1.29, 1.82) is 0 Å². The molecule has 2 heterocycles. The molecule has 29 heavy (non-hydrogen) atoms. The maximum absolute atomic E-state index is 13.0. The van der Waals surface area contributed by atoms with Crippen LogP contribution in [0.5, 0.6) is 5.75 Å². The van der Waals surface area contributed by atoms with Crippen molar-refractivity contribution in [2.45, 2.75) is 44.7 Å². The van der Waals surface area contributed by atoms with Gasteiger partial charge in [-0.2, -0.15) is 0 Å². The number of ether oxygens (including phenoxy) is 1. The molecule has 1 aliphatic heterocycles. The number of hydrogen-bond donors (Lipinski definition) is 1. The number of likely N-dealkylation sites (tertiary alicyclic amines) is 1. The number of amides is 1. The topological polar surface area (TPSA) is 66.8 Å². The second-order valence-electron chi connectivity index (χ2n) is 7.24. The molecule has 2 aliphatic rings. The zero-order valence-corrected chi connectivity index (χ0v) is 17.6. The van der Waals surface area contributed by atoms with E-state index in [0.717, 1.165) is 30.6 Å². The van der Waals surface area contributed by atoms with E-state index in [1.54, 1.807) is 23.1 Å². The smallest absolute Gasteiger partial charge is 0.295 e. The van der Waals surface area contributed by atoms with Gasteiger partial charge in [-0.25, -0.2) is 0 Å². The second kappa shape index (κ2) is 8.20. The van der Waals surface area contributed by atoms with E-state index in [-0.39, 0.29) is 17.4 Å². The van der Waals surface area contributed by atoms with E-state index in [1.807, 2.05) is 24.4 Å². The predicted molar refractivity (Wildman–Crippen MR) is 113 cm³/mol. The lowest BCUT2D eigenvalue weighted by molar-refractivity contribution is -0.141. The van der Waals surface area contributed by atoms with Crippen molar-refractivity contribution in [3.8, 4) is 5.75 Å². The van der Waals surface area contributed by atoms with E-state index in [0.29, 0.717) is 22.9 Å². The van der Waals surface area contributed by atoms with Crippen LogP contribution >= 0.6 is 22.9 Å². The molecule has 0 radical (unpaired) electrons. The molecule has 1 unspecified atom stereocenters. The Labute approximate surface area is 178 Å². The standard InChI is InChI=1S/C22H22ClNO4S/c1-2-28-16-12-13(9-10-15(16)23)20(25)18-19(17-8-5-11-29-17)24(22(27)21(18)26)14-6-3-4-7-14/h5,8-12,14,19,25H,2-4,6-7H2,1H3/b20-18-. The van der Waals surface area contributed by atoms with E-state index in [1.165, 1.54) is 11.3 Å². The number of benzene rings is 1. The highest BCUT2D eigenvalue weighted by molar-refractivity contribution is 7.10. The first-order valence-corrected chi connectivity index (χ1v) is 11.0. The zero-order chi connectivity index (χ0) is 20.5. The molecule has 152 valence electrons. The molecule has 1 atom stereocenters. The molecule has 1 aromatic heterocycles. The summed E-state index contributed by atoms with van der Waals surface area (Å²) in [6, 6.07) is 8.12. The Kier molecular flexibility index (Phi) is 5.65. The van der Waals surface area contributed by atoms with Crippen molar-refractivity contribution in [2.75, 3.05) is 6.61 Å². The SMILES string of the molecule is CCOc1cc(/C(O)=C2/C(=O)C(=O)N(C3CCCC3)C2c2cccs2)ccc1Cl. The zero-order valence-electron chi connectivity index (χ0n) is 16.1. The molecule has 7 heteroatoms. The van der Waals surface area contributed by atoms with Crippen LogP contribution in [0, 0.1) is 0 Å². The minimum Gasteiger partial charge on any atom is -0.507 e. The average Bonchev–Trinajstić information content (AvgIpc) is 3.45. The molecular weight excluding hydrogens is 410 g/mol. The Bertz CT molecular complexity index is 963. The molecule has 5 nitrogen and oxygen atoms in total. The third-order valence-corrected chi connectivity index (χ3v) is 6.75. The lowest BCUT2D eigenvalue weighted by Crippen LogP contribution is -2.37. The number of halogens is 1. The quantitative estimate of drug-likeness (QED) is 0.403. The molecule has 1 saturated heterocycles. The molecule has 1 aromatic carbocycles. The van der Waals surface area contributed by atoms with Crippen molar-refractivity contribution in [1.82, 2.24) is 4.90 Å². The number of ketones is 1. The summed E-state index contributed by atoms with van der Waals surface area (Å²) >= 11 is 7.64. The maximum atomic E-state index is 13.0. The van der Waals surface area contributed by atoms with Crippen LogP contribution in [-0.2, 0) is 9.59 Å². The summed E-state index contributed by atoms with van der Waals surface area (Å²) in [6.07, 6.45) is 3.84. The monoisotopic (exact) mass is 431 g/mol. The number of aliphatic hydroxyl groups is 1. The van der Waals surface area contributed by atoms with Gasteiger partial charge in [0.15, 0.2) is 0 Å². The molecular formula is C22H22ClNO4S. The molecule has 2 aromatic rings. The first kappa shape index (κ1) is 20.0. The largest absolute Gasteiger partial charge is 0.507 e. The van der Waals surface area contributed by atoms with Crippen LogP contribution in [0.3, 0.4) is 0 Å². The maximum Gasteiger partial charge on any atom is 0.295 e. The summed E-state index contributed by atoms with van der Waals surface area (Å²) < 4.78 is 5.51.